The van der Waals surface area contributed by atoms with E-state index in [1.165, 1.54) is 0 Å². The number of rotatable bonds is 7. The van der Waals surface area contributed by atoms with Crippen LogP contribution < -0.4 is 10.1 Å². The van der Waals surface area contributed by atoms with Gasteiger partial charge in [-0.25, -0.2) is 0 Å². The quantitative estimate of drug-likeness (QED) is 0.526. The minimum Gasteiger partial charge on any atom is -0.494 e. The number of amides is 2. The zero-order valence-electron chi connectivity index (χ0n) is 19.5. The highest BCUT2D eigenvalue weighted by atomic mass is 19.4. The second-order valence-electron chi connectivity index (χ2n) is 8.46. The Morgan fingerprint density at radius 1 is 1.26 bits per heavy atom. The van der Waals surface area contributed by atoms with Gasteiger partial charge >= 0.3 is 6.18 Å². The van der Waals surface area contributed by atoms with Crippen LogP contribution in [-0.4, -0.2) is 63.4 Å². The number of hydrogen-bond donors (Lipinski definition) is 2. The van der Waals surface area contributed by atoms with Gasteiger partial charge in [0.15, 0.2) is 11.4 Å². The number of piperidine rings is 1. The van der Waals surface area contributed by atoms with Gasteiger partial charge in [0.25, 0.3) is 11.8 Å². The number of para-hydroxylation sites is 1. The molecule has 4 rings (SSSR count). The van der Waals surface area contributed by atoms with Crippen LogP contribution in [0.5, 0.6) is 5.75 Å². The lowest BCUT2D eigenvalue weighted by Crippen LogP contribution is -2.40. The van der Waals surface area contributed by atoms with Crippen molar-refractivity contribution in [2.24, 2.45) is 5.92 Å². The number of methoxy groups -OCH3 is 1. The van der Waals surface area contributed by atoms with E-state index in [9.17, 15) is 22.8 Å². The number of fused-ring (bicyclic) bond motifs is 1. The second-order valence-corrected chi connectivity index (χ2v) is 8.46. The molecule has 1 aromatic carbocycles. The van der Waals surface area contributed by atoms with Crippen LogP contribution in [0.25, 0.3) is 10.9 Å². The first-order valence-electron chi connectivity index (χ1n) is 11.5. The Labute approximate surface area is 199 Å². The van der Waals surface area contributed by atoms with Crippen molar-refractivity contribution in [1.82, 2.24) is 30.2 Å². The van der Waals surface area contributed by atoms with Crippen molar-refractivity contribution in [3.8, 4) is 5.75 Å². The summed E-state index contributed by atoms with van der Waals surface area (Å²) in [5.41, 5.74) is -0.154. The van der Waals surface area contributed by atoms with Gasteiger partial charge < -0.3 is 15.0 Å². The minimum absolute atomic E-state index is 0.0478. The molecule has 2 aromatic heterocycles. The molecule has 1 aliphatic rings. The van der Waals surface area contributed by atoms with E-state index in [-0.39, 0.29) is 24.1 Å². The predicted molar refractivity (Wildman–Crippen MR) is 121 cm³/mol. The summed E-state index contributed by atoms with van der Waals surface area (Å²) in [5, 5.41) is 14.0. The van der Waals surface area contributed by atoms with Gasteiger partial charge in [0.2, 0.25) is 0 Å². The Hall–Kier alpha value is -3.57. The fourth-order valence-corrected chi connectivity index (χ4v) is 4.39. The average molecular weight is 493 g/mol. The molecule has 2 amide bonds. The standard InChI is InChI=1S/C23H27F3N6O3/c1-3-32-16(13-18(30-32)23(24,25)26)22(34)31-11-8-14(9-12-31)7-10-27-21(33)20-15-5-4-6-17(35-2)19(15)28-29-20/h4-6,13-14H,3,7-12H2,1-2H3,(H,27,33)(H,28,29). The second kappa shape index (κ2) is 9.96. The van der Waals surface area contributed by atoms with E-state index >= 15 is 0 Å². The highest BCUT2D eigenvalue weighted by Gasteiger charge is 2.36. The van der Waals surface area contributed by atoms with Crippen LogP contribution in [0.4, 0.5) is 13.2 Å². The maximum absolute atomic E-state index is 13.0. The molecule has 1 aliphatic heterocycles. The van der Waals surface area contributed by atoms with Gasteiger partial charge in [0.1, 0.15) is 17.0 Å². The molecule has 2 N–H and O–H groups in total. The number of ether oxygens (including phenoxy) is 1. The molecule has 0 saturated carbocycles. The summed E-state index contributed by atoms with van der Waals surface area (Å²) < 4.78 is 45.4. The third-order valence-electron chi connectivity index (χ3n) is 6.32. The summed E-state index contributed by atoms with van der Waals surface area (Å²) in [6.07, 6.45) is -2.46. The predicted octanol–water partition coefficient (Wildman–Crippen LogP) is 3.48. The lowest BCUT2D eigenvalue weighted by Gasteiger charge is -2.32. The molecule has 1 saturated heterocycles. The van der Waals surface area contributed by atoms with Crippen LogP contribution in [0.15, 0.2) is 24.3 Å². The first-order valence-corrected chi connectivity index (χ1v) is 11.5. The summed E-state index contributed by atoms with van der Waals surface area (Å²) in [5.74, 6) is 0.164. The zero-order valence-corrected chi connectivity index (χ0v) is 19.5. The number of H-pyrrole nitrogens is 1. The van der Waals surface area contributed by atoms with E-state index in [1.54, 1.807) is 37.1 Å². The van der Waals surface area contributed by atoms with Crippen LogP contribution in [-0.2, 0) is 12.7 Å². The molecule has 3 aromatic rings. The third-order valence-corrected chi connectivity index (χ3v) is 6.32. The van der Waals surface area contributed by atoms with E-state index < -0.39 is 17.8 Å². The number of carbonyl (C=O) groups is 2. The molecular formula is C23H27F3N6O3. The molecule has 3 heterocycles. The van der Waals surface area contributed by atoms with Crippen molar-refractivity contribution >= 4 is 22.7 Å². The van der Waals surface area contributed by atoms with Crippen molar-refractivity contribution < 1.29 is 27.5 Å². The average Bonchev–Trinajstić information content (AvgIpc) is 3.48. The summed E-state index contributed by atoms with van der Waals surface area (Å²) in [4.78, 5) is 27.0. The number of carbonyl (C=O) groups excluding carboxylic acids is 2. The van der Waals surface area contributed by atoms with E-state index in [2.05, 4.69) is 20.6 Å². The minimum atomic E-state index is -4.60. The normalized spacial score (nSPS) is 14.9. The lowest BCUT2D eigenvalue weighted by atomic mass is 9.93. The molecule has 0 radical (unpaired) electrons. The molecule has 9 nitrogen and oxygen atoms in total. The van der Waals surface area contributed by atoms with Crippen molar-refractivity contribution in [3.05, 3.63) is 41.3 Å². The maximum atomic E-state index is 13.0. The Morgan fingerprint density at radius 3 is 2.66 bits per heavy atom. The lowest BCUT2D eigenvalue weighted by molar-refractivity contribution is -0.141. The van der Waals surface area contributed by atoms with Crippen LogP contribution in [0.3, 0.4) is 0 Å². The SMILES string of the molecule is CCn1nc(C(F)(F)F)cc1C(=O)N1CCC(CCNC(=O)c2n[nH]c3c(OC)cccc23)CC1. The van der Waals surface area contributed by atoms with Crippen LogP contribution in [0, 0.1) is 5.92 Å². The molecule has 0 spiro atoms. The molecule has 188 valence electrons. The first-order chi connectivity index (χ1) is 16.7. The van der Waals surface area contributed by atoms with Crippen molar-refractivity contribution in [3.63, 3.8) is 0 Å². The number of aryl methyl sites for hydroxylation is 1. The van der Waals surface area contributed by atoms with Crippen molar-refractivity contribution in [2.45, 2.75) is 38.9 Å². The van der Waals surface area contributed by atoms with Gasteiger partial charge in [-0.1, -0.05) is 12.1 Å². The molecule has 35 heavy (non-hydrogen) atoms. The largest absolute Gasteiger partial charge is 0.494 e. The van der Waals surface area contributed by atoms with Gasteiger partial charge in [-0.05, 0) is 38.2 Å². The fourth-order valence-electron chi connectivity index (χ4n) is 4.39. The summed E-state index contributed by atoms with van der Waals surface area (Å²) in [6, 6.07) is 6.19. The topological polar surface area (TPSA) is 105 Å². The number of hydrogen-bond acceptors (Lipinski definition) is 5. The van der Waals surface area contributed by atoms with Gasteiger partial charge in [-0.3, -0.25) is 19.4 Å². The number of nitrogens with zero attached hydrogens (tertiary/aromatic N) is 4. The van der Waals surface area contributed by atoms with E-state index in [0.717, 1.165) is 17.2 Å². The van der Waals surface area contributed by atoms with E-state index in [0.29, 0.717) is 54.8 Å². The third kappa shape index (κ3) is 5.10. The molecule has 0 aliphatic carbocycles. The van der Waals surface area contributed by atoms with Gasteiger partial charge in [0.05, 0.1) is 7.11 Å². The Morgan fingerprint density at radius 2 is 2.00 bits per heavy atom. The molecule has 0 bridgehead atoms. The van der Waals surface area contributed by atoms with Crippen LogP contribution >= 0.6 is 0 Å². The number of aromatic nitrogens is 4. The van der Waals surface area contributed by atoms with Gasteiger partial charge in [-0.15, -0.1) is 0 Å². The molecule has 12 heteroatoms. The van der Waals surface area contributed by atoms with Crippen LogP contribution in [0.2, 0.25) is 0 Å². The van der Waals surface area contributed by atoms with Gasteiger partial charge in [-0.2, -0.15) is 23.4 Å². The smallest absolute Gasteiger partial charge is 0.435 e. The molecule has 1 fully saturated rings. The number of benzene rings is 1. The number of likely N-dealkylation sites (tertiary alicyclic amines) is 1. The molecular weight excluding hydrogens is 465 g/mol. The molecule has 0 atom stereocenters. The van der Waals surface area contributed by atoms with Crippen molar-refractivity contribution in [1.29, 1.82) is 0 Å². The Balaban J connectivity index is 1.28. The highest BCUT2D eigenvalue weighted by molar-refractivity contribution is 6.05. The number of nitrogens with one attached hydrogen (secondary N) is 2. The summed E-state index contributed by atoms with van der Waals surface area (Å²) >= 11 is 0. The number of aromatic amines is 1. The van der Waals surface area contributed by atoms with Crippen molar-refractivity contribution in [2.75, 3.05) is 26.7 Å². The van der Waals surface area contributed by atoms with Crippen LogP contribution in [0.1, 0.15) is 52.9 Å². The maximum Gasteiger partial charge on any atom is 0.435 e. The fraction of sp³-hybridized carbons (Fsp3) is 0.478. The highest BCUT2D eigenvalue weighted by Crippen LogP contribution is 2.30. The van der Waals surface area contributed by atoms with Gasteiger partial charge in [0, 0.05) is 37.6 Å². The monoisotopic (exact) mass is 492 g/mol. The summed E-state index contributed by atoms with van der Waals surface area (Å²) in [6.45, 7) is 3.15. The zero-order chi connectivity index (χ0) is 25.2. The number of alkyl halides is 3. The van der Waals surface area contributed by atoms with E-state index in [1.807, 2.05) is 0 Å². The van der Waals surface area contributed by atoms with E-state index in [4.69, 9.17) is 4.74 Å². The Bertz CT molecular complexity index is 1210. The first kappa shape index (κ1) is 24.6. The number of halogens is 3. The Kier molecular flexibility index (Phi) is 6.99. The summed E-state index contributed by atoms with van der Waals surface area (Å²) in [7, 11) is 1.55. The molecule has 0 unspecified atom stereocenters.